The van der Waals surface area contributed by atoms with E-state index in [1.54, 1.807) is 6.20 Å². The summed E-state index contributed by atoms with van der Waals surface area (Å²) in [5, 5.41) is 10.7. The van der Waals surface area contributed by atoms with E-state index in [4.69, 9.17) is 0 Å². The van der Waals surface area contributed by atoms with Gasteiger partial charge < -0.3 is 14.6 Å². The summed E-state index contributed by atoms with van der Waals surface area (Å²) in [6.07, 6.45) is 1.79. The Morgan fingerprint density at radius 3 is 2.43 bits per heavy atom. The minimum Gasteiger partial charge on any atom is -0.481 e. The number of alkyl halides is 3. The van der Waals surface area contributed by atoms with E-state index in [0.29, 0.717) is 51.7 Å². The highest BCUT2D eigenvalue weighted by Gasteiger charge is 2.58. The fraction of sp³-hybridized carbons (Fsp3) is 0.464. The maximum absolute atomic E-state index is 13.5. The fourth-order valence-corrected chi connectivity index (χ4v) is 6.92. The number of aliphatic carboxylic acids is 1. The quantitative estimate of drug-likeness (QED) is 0.497. The molecule has 9 heteroatoms. The predicted molar refractivity (Wildman–Crippen MR) is 130 cm³/mol. The fourth-order valence-electron chi connectivity index (χ4n) is 6.92. The molecular formula is C28H28F3N3O3. The van der Waals surface area contributed by atoms with Crippen LogP contribution in [0.1, 0.15) is 60.9 Å². The van der Waals surface area contributed by atoms with Crippen LogP contribution in [0.2, 0.25) is 0 Å². The second-order valence-electron chi connectivity index (χ2n) is 11.1. The van der Waals surface area contributed by atoms with E-state index in [1.807, 2.05) is 21.6 Å². The molecule has 1 aliphatic heterocycles. The third kappa shape index (κ3) is 3.99. The molecule has 0 spiro atoms. The first kappa shape index (κ1) is 24.0. The van der Waals surface area contributed by atoms with E-state index < -0.39 is 23.1 Å². The molecule has 0 atom stereocenters. The highest BCUT2D eigenvalue weighted by atomic mass is 19.4. The van der Waals surface area contributed by atoms with Crippen LogP contribution in [0.15, 0.2) is 42.6 Å². The SMILES string of the molecule is O=C(CC12CCC(C(=O)O)(CC1)C2)N1CCc2c(n(Cc3ccc(C(F)(F)F)cc3)c3ncccc23)C1. The van der Waals surface area contributed by atoms with Crippen LogP contribution in [0, 0.1) is 10.8 Å². The molecule has 1 aromatic carbocycles. The van der Waals surface area contributed by atoms with Gasteiger partial charge in [-0.15, -0.1) is 0 Å². The van der Waals surface area contributed by atoms with Crippen molar-refractivity contribution in [2.45, 2.75) is 64.2 Å². The summed E-state index contributed by atoms with van der Waals surface area (Å²) in [4.78, 5) is 31.7. The average molecular weight is 512 g/mol. The largest absolute Gasteiger partial charge is 0.481 e. The maximum Gasteiger partial charge on any atom is 0.416 e. The number of amides is 1. The zero-order valence-corrected chi connectivity index (χ0v) is 20.4. The normalized spacial score (nSPS) is 25.0. The van der Waals surface area contributed by atoms with Crippen molar-refractivity contribution < 1.29 is 27.9 Å². The van der Waals surface area contributed by atoms with Crippen molar-refractivity contribution in [3.63, 3.8) is 0 Å². The zero-order valence-electron chi connectivity index (χ0n) is 20.4. The molecule has 2 fully saturated rings. The number of rotatable bonds is 5. The van der Waals surface area contributed by atoms with Gasteiger partial charge in [-0.1, -0.05) is 12.1 Å². The van der Waals surface area contributed by atoms with Crippen LogP contribution < -0.4 is 0 Å². The highest BCUT2D eigenvalue weighted by Crippen LogP contribution is 2.63. The van der Waals surface area contributed by atoms with Gasteiger partial charge in [-0.2, -0.15) is 13.2 Å². The van der Waals surface area contributed by atoms with Crippen molar-refractivity contribution in [2.75, 3.05) is 6.54 Å². The number of nitrogens with zero attached hydrogens (tertiary/aromatic N) is 3. The van der Waals surface area contributed by atoms with Crippen LogP contribution in [-0.2, 0) is 35.3 Å². The molecule has 3 heterocycles. The Morgan fingerprint density at radius 2 is 1.78 bits per heavy atom. The molecule has 37 heavy (non-hydrogen) atoms. The van der Waals surface area contributed by atoms with Crippen LogP contribution in [0.4, 0.5) is 13.2 Å². The standard InChI is InChI=1S/C28H28F3N3O3/c29-28(30,31)19-5-3-18(4-6-19)15-34-22-16-33(13-7-20(22)21-2-1-12-32-24(21)34)23(35)14-26-8-10-27(17-26,11-9-26)25(36)37/h1-6,12H,7-11,13-17H2,(H,36,37). The first-order valence-corrected chi connectivity index (χ1v) is 12.7. The van der Waals surface area contributed by atoms with Crippen molar-refractivity contribution in [3.05, 3.63) is 65.0 Å². The topological polar surface area (TPSA) is 75.4 Å². The lowest BCUT2D eigenvalue weighted by Crippen LogP contribution is -2.39. The molecule has 0 saturated heterocycles. The van der Waals surface area contributed by atoms with Gasteiger partial charge in [0.25, 0.3) is 0 Å². The molecule has 2 aromatic heterocycles. The number of benzene rings is 1. The minimum atomic E-state index is -4.39. The van der Waals surface area contributed by atoms with Gasteiger partial charge in [0.05, 0.1) is 17.5 Å². The Hall–Kier alpha value is -3.36. The van der Waals surface area contributed by atoms with Crippen LogP contribution in [0.5, 0.6) is 0 Å². The van der Waals surface area contributed by atoms with Crippen molar-refractivity contribution in [1.29, 1.82) is 0 Å². The smallest absolute Gasteiger partial charge is 0.416 e. The predicted octanol–water partition coefficient (Wildman–Crippen LogP) is 5.41. The Kier molecular flexibility index (Phi) is 5.40. The summed E-state index contributed by atoms with van der Waals surface area (Å²) in [6.45, 7) is 1.35. The summed E-state index contributed by atoms with van der Waals surface area (Å²) in [5.74, 6) is -0.685. The van der Waals surface area contributed by atoms with Crippen LogP contribution in [0.25, 0.3) is 11.0 Å². The number of aromatic nitrogens is 2. The molecule has 3 aliphatic rings. The third-order valence-corrected chi connectivity index (χ3v) is 8.95. The van der Waals surface area contributed by atoms with Crippen LogP contribution in [-0.4, -0.2) is 38.0 Å². The summed E-state index contributed by atoms with van der Waals surface area (Å²) in [7, 11) is 0. The Labute approximate surface area is 212 Å². The Morgan fingerprint density at radius 1 is 1.05 bits per heavy atom. The molecule has 6 rings (SSSR count). The van der Waals surface area contributed by atoms with Gasteiger partial charge in [0, 0.05) is 36.8 Å². The lowest BCUT2D eigenvalue weighted by Gasteiger charge is -2.33. The molecule has 2 bridgehead atoms. The van der Waals surface area contributed by atoms with Gasteiger partial charge in [-0.3, -0.25) is 9.59 Å². The van der Waals surface area contributed by atoms with Gasteiger partial charge >= 0.3 is 12.1 Å². The monoisotopic (exact) mass is 511 g/mol. The second-order valence-corrected chi connectivity index (χ2v) is 11.1. The number of carboxylic acids is 1. The van der Waals surface area contributed by atoms with E-state index in [0.717, 1.165) is 52.8 Å². The van der Waals surface area contributed by atoms with E-state index >= 15 is 0 Å². The first-order valence-electron chi connectivity index (χ1n) is 12.7. The molecule has 194 valence electrons. The van der Waals surface area contributed by atoms with Gasteiger partial charge in [0.1, 0.15) is 5.65 Å². The number of pyridine rings is 1. The molecule has 1 amide bonds. The number of carboxylic acid groups (broad SMARTS) is 1. The van der Waals surface area contributed by atoms with Crippen LogP contribution >= 0.6 is 0 Å². The summed E-state index contributed by atoms with van der Waals surface area (Å²) in [5.41, 5.74) is 2.02. The molecule has 0 unspecified atom stereocenters. The van der Waals surface area contributed by atoms with E-state index in [9.17, 15) is 27.9 Å². The number of hydrogen-bond acceptors (Lipinski definition) is 3. The number of carbonyl (C=O) groups excluding carboxylic acids is 1. The number of hydrogen-bond donors (Lipinski definition) is 1. The van der Waals surface area contributed by atoms with Gasteiger partial charge in [-0.05, 0) is 79.3 Å². The number of fused-ring (bicyclic) bond motifs is 5. The number of carbonyl (C=O) groups is 2. The third-order valence-electron chi connectivity index (χ3n) is 8.95. The first-order chi connectivity index (χ1) is 17.6. The number of halogens is 3. The maximum atomic E-state index is 13.5. The molecule has 0 radical (unpaired) electrons. The molecule has 2 aliphatic carbocycles. The molecule has 3 aromatic rings. The van der Waals surface area contributed by atoms with E-state index in [2.05, 4.69) is 4.98 Å². The van der Waals surface area contributed by atoms with Crippen molar-refractivity contribution >= 4 is 22.9 Å². The molecule has 6 nitrogen and oxygen atoms in total. The van der Waals surface area contributed by atoms with Crippen molar-refractivity contribution in [3.8, 4) is 0 Å². The van der Waals surface area contributed by atoms with Gasteiger partial charge in [0.2, 0.25) is 5.91 Å². The van der Waals surface area contributed by atoms with E-state index in [-0.39, 0.29) is 11.3 Å². The second kappa shape index (κ2) is 8.33. The van der Waals surface area contributed by atoms with E-state index in [1.165, 1.54) is 12.1 Å². The van der Waals surface area contributed by atoms with Crippen molar-refractivity contribution in [2.24, 2.45) is 10.8 Å². The molecule has 1 N–H and O–H groups in total. The summed E-state index contributed by atoms with van der Waals surface area (Å²) in [6, 6.07) is 9.04. The summed E-state index contributed by atoms with van der Waals surface area (Å²) < 4.78 is 41.1. The van der Waals surface area contributed by atoms with Gasteiger partial charge in [0.15, 0.2) is 0 Å². The van der Waals surface area contributed by atoms with Crippen LogP contribution in [0.3, 0.4) is 0 Å². The average Bonchev–Trinajstić information content (AvgIpc) is 3.53. The van der Waals surface area contributed by atoms with Gasteiger partial charge in [-0.25, -0.2) is 4.98 Å². The van der Waals surface area contributed by atoms with Crippen molar-refractivity contribution in [1.82, 2.24) is 14.5 Å². The Bertz CT molecular complexity index is 1390. The highest BCUT2D eigenvalue weighted by molar-refractivity contribution is 5.84. The minimum absolute atomic E-state index is 0.0491. The molecular weight excluding hydrogens is 483 g/mol. The lowest BCUT2D eigenvalue weighted by molar-refractivity contribution is -0.148. The lowest BCUT2D eigenvalue weighted by atomic mass is 9.80. The summed E-state index contributed by atoms with van der Waals surface area (Å²) >= 11 is 0. The Balaban J connectivity index is 1.26. The molecule has 2 saturated carbocycles. The zero-order chi connectivity index (χ0) is 26.0.